The number of methoxy groups -OCH3 is 1. The molecule has 0 aliphatic heterocycles. The number of ether oxygens (including phenoxy) is 1. The summed E-state index contributed by atoms with van der Waals surface area (Å²) in [5, 5.41) is 9.88. The molecule has 1 aromatic rings. The molecule has 1 atom stereocenters. The summed E-state index contributed by atoms with van der Waals surface area (Å²) in [6, 6.07) is 1.38. The van der Waals surface area contributed by atoms with Crippen LogP contribution in [0.4, 0.5) is 0 Å². The van der Waals surface area contributed by atoms with Gasteiger partial charge in [-0.25, -0.2) is 8.42 Å². The van der Waals surface area contributed by atoms with Crippen molar-refractivity contribution in [2.45, 2.75) is 10.3 Å². The van der Waals surface area contributed by atoms with E-state index in [4.69, 9.17) is 16.3 Å². The van der Waals surface area contributed by atoms with Gasteiger partial charge < -0.3 is 9.84 Å². The molecule has 0 aromatic carbocycles. The fraction of sp³-hybridized carbons (Fsp3) is 0.556. The van der Waals surface area contributed by atoms with E-state index in [2.05, 4.69) is 15.9 Å². The van der Waals surface area contributed by atoms with Crippen molar-refractivity contribution in [2.24, 2.45) is 0 Å². The van der Waals surface area contributed by atoms with Gasteiger partial charge in [0, 0.05) is 20.7 Å². The van der Waals surface area contributed by atoms with Crippen molar-refractivity contribution >= 4 is 48.9 Å². The summed E-state index contributed by atoms with van der Waals surface area (Å²) in [6.07, 6.45) is -0.867. The molecular formula is C9H13BrClNO4S2. The second-order valence-electron chi connectivity index (χ2n) is 3.58. The Morgan fingerprint density at radius 2 is 2.28 bits per heavy atom. The van der Waals surface area contributed by atoms with Crippen LogP contribution in [0, 0.1) is 0 Å². The number of thiophene rings is 1. The molecule has 0 spiro atoms. The molecule has 1 heterocycles. The monoisotopic (exact) mass is 377 g/mol. The van der Waals surface area contributed by atoms with Gasteiger partial charge >= 0.3 is 0 Å². The van der Waals surface area contributed by atoms with Crippen LogP contribution >= 0.6 is 38.9 Å². The smallest absolute Gasteiger partial charge is 0.252 e. The molecule has 0 saturated heterocycles. The topological polar surface area (TPSA) is 66.8 Å². The highest BCUT2D eigenvalue weighted by molar-refractivity contribution is 9.11. The minimum atomic E-state index is -3.63. The van der Waals surface area contributed by atoms with Gasteiger partial charge in [-0.2, -0.15) is 4.31 Å². The van der Waals surface area contributed by atoms with E-state index < -0.39 is 16.1 Å². The highest BCUT2D eigenvalue weighted by Crippen LogP contribution is 2.35. The minimum Gasteiger partial charge on any atom is -0.389 e. The second-order valence-corrected chi connectivity index (χ2v) is 8.63. The summed E-state index contributed by atoms with van der Waals surface area (Å²) in [5.74, 6) is 0. The first-order valence-corrected chi connectivity index (χ1v) is 8.30. The Balaban J connectivity index is 2.86. The number of aliphatic hydroxyl groups is 1. The van der Waals surface area contributed by atoms with Crippen LogP contribution in [0.25, 0.3) is 0 Å². The lowest BCUT2D eigenvalue weighted by atomic mass is 10.4. The number of hydrogen-bond acceptors (Lipinski definition) is 5. The van der Waals surface area contributed by atoms with Crippen molar-refractivity contribution < 1.29 is 18.3 Å². The van der Waals surface area contributed by atoms with Gasteiger partial charge in [-0.1, -0.05) is 11.6 Å². The first-order valence-electron chi connectivity index (χ1n) is 4.87. The second kappa shape index (κ2) is 6.65. The van der Waals surface area contributed by atoms with E-state index in [1.165, 1.54) is 20.2 Å². The summed E-state index contributed by atoms with van der Waals surface area (Å²) >= 11 is 10.0. The van der Waals surface area contributed by atoms with E-state index in [1.807, 2.05) is 0 Å². The number of likely N-dealkylation sites (N-methyl/N-ethyl adjacent to an activating group) is 1. The van der Waals surface area contributed by atoms with Crippen LogP contribution < -0.4 is 0 Å². The molecule has 0 amide bonds. The SMILES string of the molecule is COCC(O)CN(C)S(=O)(=O)c1cc(Cl)c(Br)s1. The Morgan fingerprint density at radius 1 is 1.67 bits per heavy atom. The Hall–Kier alpha value is 0.300. The minimum absolute atomic E-state index is 0.0384. The average Bonchev–Trinajstić information content (AvgIpc) is 2.60. The fourth-order valence-electron chi connectivity index (χ4n) is 1.25. The molecule has 1 aromatic heterocycles. The van der Waals surface area contributed by atoms with Gasteiger partial charge in [0.25, 0.3) is 10.0 Å². The molecule has 0 bridgehead atoms. The van der Waals surface area contributed by atoms with Gasteiger partial charge in [0.1, 0.15) is 4.21 Å². The van der Waals surface area contributed by atoms with Crippen molar-refractivity contribution in [1.29, 1.82) is 0 Å². The molecule has 0 radical (unpaired) electrons. The van der Waals surface area contributed by atoms with Crippen molar-refractivity contribution in [3.63, 3.8) is 0 Å². The third kappa shape index (κ3) is 3.89. The number of hydrogen-bond donors (Lipinski definition) is 1. The van der Waals surface area contributed by atoms with Gasteiger partial charge in [-0.05, 0) is 22.0 Å². The lowest BCUT2D eigenvalue weighted by molar-refractivity contribution is 0.0554. The maximum absolute atomic E-state index is 12.1. The molecule has 104 valence electrons. The van der Waals surface area contributed by atoms with Crippen LogP contribution in [0.3, 0.4) is 0 Å². The predicted molar refractivity (Wildman–Crippen MR) is 74.7 cm³/mol. The number of nitrogens with zero attached hydrogens (tertiary/aromatic N) is 1. The molecule has 1 unspecified atom stereocenters. The lowest BCUT2D eigenvalue weighted by Gasteiger charge is -2.19. The van der Waals surface area contributed by atoms with Crippen molar-refractivity contribution in [3.05, 3.63) is 14.9 Å². The average molecular weight is 379 g/mol. The highest BCUT2D eigenvalue weighted by atomic mass is 79.9. The molecule has 9 heteroatoms. The Kier molecular flexibility index (Phi) is 6.04. The lowest BCUT2D eigenvalue weighted by Crippen LogP contribution is -2.35. The van der Waals surface area contributed by atoms with Crippen LogP contribution in [-0.4, -0.2) is 51.2 Å². The van der Waals surface area contributed by atoms with Gasteiger partial charge in [-0.15, -0.1) is 11.3 Å². The maximum atomic E-state index is 12.1. The third-order valence-corrected chi connectivity index (χ3v) is 6.86. The van der Waals surface area contributed by atoms with Crippen LogP contribution in [0.5, 0.6) is 0 Å². The zero-order valence-electron chi connectivity index (χ0n) is 9.76. The fourth-order valence-corrected chi connectivity index (χ4v) is 5.07. The van der Waals surface area contributed by atoms with Crippen LogP contribution in [0.2, 0.25) is 5.02 Å². The third-order valence-electron chi connectivity index (χ3n) is 2.11. The van der Waals surface area contributed by atoms with Crippen molar-refractivity contribution in [2.75, 3.05) is 27.3 Å². The highest BCUT2D eigenvalue weighted by Gasteiger charge is 2.25. The summed E-state index contributed by atoms with van der Waals surface area (Å²) in [5.41, 5.74) is 0. The van der Waals surface area contributed by atoms with Crippen molar-refractivity contribution in [3.8, 4) is 0 Å². The van der Waals surface area contributed by atoms with E-state index in [0.717, 1.165) is 15.6 Å². The summed E-state index contributed by atoms with van der Waals surface area (Å²) in [4.78, 5) is 0. The first kappa shape index (κ1) is 16.4. The van der Waals surface area contributed by atoms with E-state index in [-0.39, 0.29) is 17.4 Å². The van der Waals surface area contributed by atoms with Gasteiger partial charge in [0.05, 0.1) is 21.5 Å². The van der Waals surface area contributed by atoms with E-state index in [9.17, 15) is 13.5 Å². The normalized spacial score (nSPS) is 14.1. The first-order chi connectivity index (χ1) is 8.28. The molecule has 5 nitrogen and oxygen atoms in total. The van der Waals surface area contributed by atoms with E-state index in [0.29, 0.717) is 8.81 Å². The van der Waals surface area contributed by atoms with E-state index in [1.54, 1.807) is 0 Å². The molecule has 0 aliphatic rings. The zero-order valence-corrected chi connectivity index (χ0v) is 13.7. The number of aliphatic hydroxyl groups excluding tert-OH is 1. The van der Waals surface area contributed by atoms with Crippen molar-refractivity contribution in [1.82, 2.24) is 4.31 Å². The molecule has 0 saturated carbocycles. The molecule has 1 N–H and O–H groups in total. The Labute approximate surface area is 123 Å². The molecule has 1 rings (SSSR count). The molecule has 0 aliphatic carbocycles. The largest absolute Gasteiger partial charge is 0.389 e. The Morgan fingerprint density at radius 3 is 2.72 bits per heavy atom. The summed E-state index contributed by atoms with van der Waals surface area (Å²) in [7, 11) is -0.795. The maximum Gasteiger partial charge on any atom is 0.252 e. The van der Waals surface area contributed by atoms with Crippen LogP contribution in [0.15, 0.2) is 14.1 Å². The van der Waals surface area contributed by atoms with Crippen LogP contribution in [-0.2, 0) is 14.8 Å². The van der Waals surface area contributed by atoms with Gasteiger partial charge in [0.15, 0.2) is 0 Å². The van der Waals surface area contributed by atoms with Crippen LogP contribution in [0.1, 0.15) is 0 Å². The number of rotatable bonds is 6. The predicted octanol–water partition coefficient (Wildman–Crippen LogP) is 1.79. The number of halogens is 2. The molecule has 18 heavy (non-hydrogen) atoms. The summed E-state index contributed by atoms with van der Waals surface area (Å²) < 4.78 is 30.8. The van der Waals surface area contributed by atoms with E-state index >= 15 is 0 Å². The molecule has 0 fully saturated rings. The molecular weight excluding hydrogens is 366 g/mol. The zero-order chi connectivity index (χ0) is 13.9. The number of sulfonamides is 1. The Bertz CT molecular complexity index is 485. The van der Waals surface area contributed by atoms with Gasteiger partial charge in [0.2, 0.25) is 0 Å². The van der Waals surface area contributed by atoms with Gasteiger partial charge in [-0.3, -0.25) is 0 Å². The quantitative estimate of drug-likeness (QED) is 0.819. The summed E-state index contributed by atoms with van der Waals surface area (Å²) in [6.45, 7) is 0.0397. The standard InChI is InChI=1S/C9H13BrClNO4S2/c1-12(4-6(13)5-16-2)18(14,15)8-3-7(11)9(10)17-8/h3,6,13H,4-5H2,1-2H3.